The molecule has 5 heteroatoms. The molecule has 0 aromatic carbocycles. The van der Waals surface area contributed by atoms with Crippen molar-refractivity contribution in [1.29, 1.82) is 0 Å². The second kappa shape index (κ2) is 4.62. The van der Waals surface area contributed by atoms with Crippen LogP contribution < -0.4 is 5.73 Å². The predicted molar refractivity (Wildman–Crippen MR) is 48.3 cm³/mol. The number of rotatable bonds is 3. The summed E-state index contributed by atoms with van der Waals surface area (Å²) in [6, 6.07) is 0. The Balaban J connectivity index is 3.49. The summed E-state index contributed by atoms with van der Waals surface area (Å²) in [5, 5.41) is 0.352. The number of thiocarbonyl (C=S) groups is 1. The number of hydrogen-bond donors (Lipinski definition) is 1. The van der Waals surface area contributed by atoms with Crippen molar-refractivity contribution in [3.8, 4) is 0 Å². The number of nitrogens with two attached hydrogens (primary N) is 1. The molecule has 1 unspecified atom stereocenters. The Bertz CT molecular complexity index is 149. The van der Waals surface area contributed by atoms with E-state index in [2.05, 4.69) is 12.2 Å². The van der Waals surface area contributed by atoms with Crippen LogP contribution >= 0.6 is 12.2 Å². The Kier molecular flexibility index (Phi) is 4.55. The first-order valence-corrected chi connectivity index (χ1v) is 4.98. The van der Waals surface area contributed by atoms with Crippen molar-refractivity contribution in [2.75, 3.05) is 25.6 Å². The van der Waals surface area contributed by atoms with E-state index >= 15 is 0 Å². The molecule has 0 aliphatic rings. The van der Waals surface area contributed by atoms with Crippen molar-refractivity contribution in [2.45, 2.75) is 0 Å². The van der Waals surface area contributed by atoms with Gasteiger partial charge in [-0.2, -0.15) is 0 Å². The summed E-state index contributed by atoms with van der Waals surface area (Å²) in [6.45, 7) is 0.665. The largest absolute Gasteiger partial charge is 0.376 e. The molecule has 0 radical (unpaired) electrons. The topological polar surface area (TPSA) is 46.3 Å². The van der Waals surface area contributed by atoms with E-state index in [9.17, 15) is 4.21 Å². The van der Waals surface area contributed by atoms with Gasteiger partial charge in [0.05, 0.1) is 0 Å². The summed E-state index contributed by atoms with van der Waals surface area (Å²) < 4.78 is 10.6. The average Bonchev–Trinajstić information content (AvgIpc) is 1.82. The van der Waals surface area contributed by atoms with Crippen LogP contribution in [-0.2, 0) is 10.8 Å². The molecule has 0 fully saturated rings. The maximum Gasteiger partial charge on any atom is 0.166 e. The fourth-order valence-electron chi connectivity index (χ4n) is 0.376. The molecule has 0 aromatic heterocycles. The van der Waals surface area contributed by atoms with Crippen LogP contribution in [-0.4, -0.2) is 39.8 Å². The van der Waals surface area contributed by atoms with Gasteiger partial charge in [-0.15, -0.1) is 0 Å². The standard InChI is InChI=1S/C5H12N2OS2/c1-7(5(6)9)3-4-10(2)8/h3-4H2,1-2H3,(H2,6,9). The maximum atomic E-state index is 10.6. The van der Waals surface area contributed by atoms with Crippen molar-refractivity contribution in [1.82, 2.24) is 4.90 Å². The molecule has 0 saturated carbocycles. The van der Waals surface area contributed by atoms with Crippen molar-refractivity contribution in [2.24, 2.45) is 5.73 Å². The van der Waals surface area contributed by atoms with E-state index in [0.29, 0.717) is 17.4 Å². The minimum absolute atomic E-state index is 0.352. The summed E-state index contributed by atoms with van der Waals surface area (Å²) >= 11 is 4.67. The van der Waals surface area contributed by atoms with Gasteiger partial charge in [0.15, 0.2) is 5.11 Å². The zero-order valence-electron chi connectivity index (χ0n) is 6.16. The molecule has 0 spiro atoms. The van der Waals surface area contributed by atoms with E-state index in [0.717, 1.165) is 0 Å². The lowest BCUT2D eigenvalue weighted by Gasteiger charge is -2.14. The molecule has 3 nitrogen and oxygen atoms in total. The first-order chi connectivity index (χ1) is 4.54. The van der Waals surface area contributed by atoms with Crippen LogP contribution in [0.3, 0.4) is 0 Å². The first kappa shape index (κ1) is 9.84. The van der Waals surface area contributed by atoms with Gasteiger partial charge >= 0.3 is 0 Å². The van der Waals surface area contributed by atoms with Gasteiger partial charge in [-0.3, -0.25) is 4.21 Å². The van der Waals surface area contributed by atoms with E-state index in [-0.39, 0.29) is 0 Å². The molecule has 0 rings (SSSR count). The van der Waals surface area contributed by atoms with Crippen molar-refractivity contribution >= 4 is 28.1 Å². The van der Waals surface area contributed by atoms with Crippen molar-refractivity contribution < 1.29 is 4.21 Å². The molecule has 0 aliphatic heterocycles. The smallest absolute Gasteiger partial charge is 0.166 e. The van der Waals surface area contributed by atoms with E-state index in [1.54, 1.807) is 18.2 Å². The van der Waals surface area contributed by atoms with Crippen LogP contribution in [0.15, 0.2) is 0 Å². The van der Waals surface area contributed by atoms with E-state index in [4.69, 9.17) is 5.73 Å². The van der Waals surface area contributed by atoms with Crippen LogP contribution in [0.1, 0.15) is 0 Å². The molecule has 1 atom stereocenters. The SMILES string of the molecule is CN(CCS(C)=O)C(N)=S. The molecular weight excluding hydrogens is 168 g/mol. The average molecular weight is 180 g/mol. The van der Waals surface area contributed by atoms with Crippen molar-refractivity contribution in [3.05, 3.63) is 0 Å². The Morgan fingerprint density at radius 1 is 1.80 bits per heavy atom. The van der Waals surface area contributed by atoms with Gasteiger partial charge in [0.2, 0.25) is 0 Å². The lowest BCUT2D eigenvalue weighted by Crippen LogP contribution is -2.34. The molecular formula is C5H12N2OS2. The van der Waals surface area contributed by atoms with E-state index < -0.39 is 10.8 Å². The molecule has 60 valence electrons. The summed E-state index contributed by atoms with van der Waals surface area (Å²) in [7, 11) is 1.03. The Morgan fingerprint density at radius 3 is 2.60 bits per heavy atom. The molecule has 0 aromatic rings. The van der Waals surface area contributed by atoms with Gasteiger partial charge < -0.3 is 10.6 Å². The fourth-order valence-corrected chi connectivity index (χ4v) is 0.998. The highest BCUT2D eigenvalue weighted by Crippen LogP contribution is 1.83. The monoisotopic (exact) mass is 180 g/mol. The molecule has 0 aliphatic carbocycles. The van der Waals surface area contributed by atoms with Gasteiger partial charge in [-0.25, -0.2) is 0 Å². The predicted octanol–water partition coefficient (Wildman–Crippen LogP) is -0.460. The van der Waals surface area contributed by atoms with Crippen LogP contribution in [0.5, 0.6) is 0 Å². The second-order valence-corrected chi connectivity index (χ2v) is 4.01. The Morgan fingerprint density at radius 2 is 2.30 bits per heavy atom. The van der Waals surface area contributed by atoms with Gasteiger partial charge in [0.1, 0.15) is 0 Å². The number of hydrogen-bond acceptors (Lipinski definition) is 2. The first-order valence-electron chi connectivity index (χ1n) is 2.84. The molecule has 0 saturated heterocycles. The third kappa shape index (κ3) is 4.69. The van der Waals surface area contributed by atoms with Gasteiger partial charge in [-0.05, 0) is 12.2 Å². The highest BCUT2D eigenvalue weighted by atomic mass is 32.2. The second-order valence-electron chi connectivity index (χ2n) is 2.04. The third-order valence-electron chi connectivity index (χ3n) is 1.09. The molecule has 0 heterocycles. The van der Waals surface area contributed by atoms with Crippen molar-refractivity contribution in [3.63, 3.8) is 0 Å². The quantitative estimate of drug-likeness (QED) is 0.597. The highest BCUT2D eigenvalue weighted by Gasteiger charge is 1.98. The highest BCUT2D eigenvalue weighted by molar-refractivity contribution is 7.84. The third-order valence-corrected chi connectivity index (χ3v) is 2.16. The Hall–Kier alpha value is -0.160. The zero-order chi connectivity index (χ0) is 8.15. The van der Waals surface area contributed by atoms with Gasteiger partial charge in [0, 0.05) is 36.4 Å². The lowest BCUT2D eigenvalue weighted by molar-refractivity contribution is 0.540. The molecule has 2 N–H and O–H groups in total. The maximum absolute atomic E-state index is 10.6. The van der Waals surface area contributed by atoms with Crippen LogP contribution in [0.2, 0.25) is 0 Å². The fraction of sp³-hybridized carbons (Fsp3) is 0.800. The van der Waals surface area contributed by atoms with Crippen LogP contribution in [0.4, 0.5) is 0 Å². The van der Waals surface area contributed by atoms with Crippen LogP contribution in [0, 0.1) is 0 Å². The summed E-state index contributed by atoms with van der Waals surface area (Å²) in [6.07, 6.45) is 1.66. The molecule has 0 amide bonds. The zero-order valence-corrected chi connectivity index (χ0v) is 7.80. The molecule has 10 heavy (non-hydrogen) atoms. The van der Waals surface area contributed by atoms with E-state index in [1.165, 1.54) is 0 Å². The summed E-state index contributed by atoms with van der Waals surface area (Å²) in [5.41, 5.74) is 5.28. The summed E-state index contributed by atoms with van der Waals surface area (Å²) in [4.78, 5) is 1.71. The molecule has 0 bridgehead atoms. The van der Waals surface area contributed by atoms with Gasteiger partial charge in [-0.1, -0.05) is 0 Å². The van der Waals surface area contributed by atoms with E-state index in [1.807, 2.05) is 0 Å². The van der Waals surface area contributed by atoms with Crippen LogP contribution in [0.25, 0.3) is 0 Å². The summed E-state index contributed by atoms with van der Waals surface area (Å²) in [5.74, 6) is 0.619. The normalized spacial score (nSPS) is 12.6. The minimum atomic E-state index is -0.760. The minimum Gasteiger partial charge on any atom is -0.376 e. The Labute approximate surface area is 69.0 Å². The van der Waals surface area contributed by atoms with Gasteiger partial charge in [0.25, 0.3) is 0 Å². The number of nitrogens with zero attached hydrogens (tertiary/aromatic N) is 1. The lowest BCUT2D eigenvalue weighted by atomic mass is 10.6.